The molecule has 1 fully saturated rings. The molecule has 1 saturated carbocycles. The smallest absolute Gasteiger partial charge is 0.253 e. The highest BCUT2D eigenvalue weighted by atomic mass is 32.2. The van der Waals surface area contributed by atoms with Crippen molar-refractivity contribution < 1.29 is 4.79 Å². The van der Waals surface area contributed by atoms with E-state index in [9.17, 15) is 4.79 Å². The summed E-state index contributed by atoms with van der Waals surface area (Å²) in [5.74, 6) is 2.15. The number of amides is 1. The second-order valence-electron chi connectivity index (χ2n) is 8.76. The number of hydrogen-bond acceptors (Lipinski definition) is 5. The zero-order chi connectivity index (χ0) is 22.0. The lowest BCUT2D eigenvalue weighted by Crippen LogP contribution is -2.44. The molecule has 1 aliphatic rings. The number of fused-ring (bicyclic) bond motifs is 1. The fourth-order valence-corrected chi connectivity index (χ4v) is 5.10. The van der Waals surface area contributed by atoms with Gasteiger partial charge in [-0.15, -0.1) is 5.10 Å². The van der Waals surface area contributed by atoms with Crippen molar-refractivity contribution in [1.82, 2.24) is 24.9 Å². The number of nitrogens with zero attached hydrogens (tertiary/aromatic N) is 4. The predicted octanol–water partition coefficient (Wildman–Crippen LogP) is 4.36. The van der Waals surface area contributed by atoms with Crippen LogP contribution in [0.15, 0.2) is 35.5 Å². The second kappa shape index (κ2) is 9.39. The molecule has 164 valence electrons. The van der Waals surface area contributed by atoms with Crippen molar-refractivity contribution >= 4 is 23.4 Å². The van der Waals surface area contributed by atoms with E-state index in [1.54, 1.807) is 4.52 Å². The number of hydrogen-bond donors (Lipinski definition) is 1. The minimum absolute atomic E-state index is 0.0560. The molecule has 7 heteroatoms. The highest BCUT2D eigenvalue weighted by molar-refractivity contribution is 7.99. The molecule has 3 aromatic rings. The Morgan fingerprint density at radius 1 is 1.16 bits per heavy atom. The fourth-order valence-electron chi connectivity index (χ4n) is 4.47. The number of nitrogens with one attached hydrogen (secondary N) is 1. The molecule has 3 atom stereocenters. The maximum Gasteiger partial charge on any atom is 0.253 e. The van der Waals surface area contributed by atoms with E-state index >= 15 is 0 Å². The first kappa shape index (κ1) is 21.8. The highest BCUT2D eigenvalue weighted by Gasteiger charge is 2.28. The van der Waals surface area contributed by atoms with Gasteiger partial charge in [-0.2, -0.15) is 4.98 Å². The predicted molar refractivity (Wildman–Crippen MR) is 124 cm³/mol. The molecule has 0 aliphatic heterocycles. The van der Waals surface area contributed by atoms with E-state index in [2.05, 4.69) is 65.4 Å². The largest absolute Gasteiger partial charge is 0.352 e. The molecular weight excluding hydrogens is 406 g/mol. The van der Waals surface area contributed by atoms with Gasteiger partial charge in [0.1, 0.15) is 0 Å². The zero-order valence-corrected chi connectivity index (χ0v) is 19.6. The number of carbonyl (C=O) groups excluding carboxylic acids is 1. The summed E-state index contributed by atoms with van der Waals surface area (Å²) < 4.78 is 1.80. The van der Waals surface area contributed by atoms with Gasteiger partial charge in [0.2, 0.25) is 11.1 Å². The molecule has 4 rings (SSSR count). The Morgan fingerprint density at radius 3 is 2.71 bits per heavy atom. The average Bonchev–Trinajstić information content (AvgIpc) is 3.17. The van der Waals surface area contributed by atoms with Crippen molar-refractivity contribution in [1.29, 1.82) is 0 Å². The van der Waals surface area contributed by atoms with Crippen LogP contribution in [-0.2, 0) is 11.2 Å². The van der Waals surface area contributed by atoms with Crippen molar-refractivity contribution in [3.63, 3.8) is 0 Å². The molecule has 0 saturated heterocycles. The van der Waals surface area contributed by atoms with Crippen LogP contribution in [0.2, 0.25) is 0 Å². The van der Waals surface area contributed by atoms with Gasteiger partial charge in [0.15, 0.2) is 0 Å². The summed E-state index contributed by atoms with van der Waals surface area (Å²) >= 11 is 1.37. The van der Waals surface area contributed by atoms with Gasteiger partial charge in [0.25, 0.3) is 5.78 Å². The molecule has 6 nitrogen and oxygen atoms in total. The van der Waals surface area contributed by atoms with Crippen LogP contribution in [0.4, 0.5) is 0 Å². The third-order valence-electron chi connectivity index (χ3n) is 6.64. The van der Waals surface area contributed by atoms with Gasteiger partial charge in [-0.05, 0) is 43.2 Å². The summed E-state index contributed by atoms with van der Waals surface area (Å²) in [5.41, 5.74) is 4.42. The van der Waals surface area contributed by atoms with E-state index in [-0.39, 0.29) is 11.9 Å². The topological polar surface area (TPSA) is 72.2 Å². The van der Waals surface area contributed by atoms with Crippen LogP contribution in [0.1, 0.15) is 55.6 Å². The summed E-state index contributed by atoms with van der Waals surface area (Å²) in [5, 5.41) is 8.44. The Bertz CT molecular complexity index is 1060. The van der Waals surface area contributed by atoms with E-state index in [1.807, 2.05) is 13.0 Å². The highest BCUT2D eigenvalue weighted by Crippen LogP contribution is 2.29. The summed E-state index contributed by atoms with van der Waals surface area (Å²) in [4.78, 5) is 21.7. The second-order valence-corrected chi connectivity index (χ2v) is 9.70. The van der Waals surface area contributed by atoms with Crippen molar-refractivity contribution in [3.05, 3.63) is 52.8 Å². The summed E-state index contributed by atoms with van der Waals surface area (Å²) in [6.07, 6.45) is 4.32. The van der Waals surface area contributed by atoms with Crippen LogP contribution in [-0.4, -0.2) is 37.3 Å². The van der Waals surface area contributed by atoms with E-state index in [0.29, 0.717) is 28.5 Å². The molecule has 1 aliphatic carbocycles. The summed E-state index contributed by atoms with van der Waals surface area (Å²) in [7, 11) is 0. The third-order valence-corrected chi connectivity index (χ3v) is 7.48. The number of benzene rings is 1. The number of aromatic nitrogens is 4. The van der Waals surface area contributed by atoms with Gasteiger partial charge < -0.3 is 5.32 Å². The Morgan fingerprint density at radius 2 is 1.94 bits per heavy atom. The molecule has 31 heavy (non-hydrogen) atoms. The normalized spacial score (nSPS) is 21.4. The van der Waals surface area contributed by atoms with E-state index < -0.39 is 0 Å². The summed E-state index contributed by atoms with van der Waals surface area (Å²) in [6.45, 7) is 8.60. The van der Waals surface area contributed by atoms with Crippen molar-refractivity contribution in [2.45, 2.75) is 64.6 Å². The average molecular weight is 438 g/mol. The van der Waals surface area contributed by atoms with Gasteiger partial charge in [-0.3, -0.25) is 4.79 Å². The molecule has 1 aromatic carbocycles. The molecule has 2 heterocycles. The van der Waals surface area contributed by atoms with Crippen LogP contribution in [0.3, 0.4) is 0 Å². The maximum absolute atomic E-state index is 12.5. The van der Waals surface area contributed by atoms with Crippen LogP contribution in [0, 0.1) is 25.7 Å². The first-order valence-corrected chi connectivity index (χ1v) is 12.1. The molecule has 1 N–H and O–H groups in total. The van der Waals surface area contributed by atoms with Crippen LogP contribution < -0.4 is 5.32 Å². The van der Waals surface area contributed by atoms with E-state index in [4.69, 9.17) is 0 Å². The third kappa shape index (κ3) is 4.92. The first-order chi connectivity index (χ1) is 14.9. The van der Waals surface area contributed by atoms with Crippen molar-refractivity contribution in [2.75, 3.05) is 5.75 Å². The van der Waals surface area contributed by atoms with Gasteiger partial charge in [-0.25, -0.2) is 9.50 Å². The van der Waals surface area contributed by atoms with E-state index in [1.165, 1.54) is 35.7 Å². The number of aryl methyl sites for hydroxylation is 2. The molecule has 0 bridgehead atoms. The number of carbonyl (C=O) groups is 1. The summed E-state index contributed by atoms with van der Waals surface area (Å²) in [6, 6.07) is 10.7. The van der Waals surface area contributed by atoms with E-state index in [0.717, 1.165) is 24.2 Å². The van der Waals surface area contributed by atoms with Crippen molar-refractivity contribution in [2.24, 2.45) is 11.8 Å². The van der Waals surface area contributed by atoms with Crippen LogP contribution >= 0.6 is 11.8 Å². The molecular formula is C24H31N5OS. The number of thioether (sulfide) groups is 1. The monoisotopic (exact) mass is 437 g/mol. The standard InChI is InChI=1S/C24H31N5OS/c1-15-9-8-12-21(16(15)2)26-22(30)14-31-24-27-23-25-17(3)20(18(4)29(23)28-24)13-19-10-6-5-7-11-19/h5-7,10-11,15-16,21H,8-9,12-14H2,1-4H3,(H,26,30)/t15-,16-,21+/m0/s1. The number of rotatable bonds is 6. The lowest BCUT2D eigenvalue weighted by molar-refractivity contribution is -0.120. The minimum atomic E-state index is 0.0560. The van der Waals surface area contributed by atoms with Crippen molar-refractivity contribution in [3.8, 4) is 0 Å². The quantitative estimate of drug-likeness (QED) is 0.580. The first-order valence-electron chi connectivity index (χ1n) is 11.1. The SMILES string of the molecule is Cc1nc2nc(SCC(=O)N[C@@H]3CCC[C@H](C)[C@@H]3C)nn2c(C)c1Cc1ccccc1. The minimum Gasteiger partial charge on any atom is -0.352 e. The lowest BCUT2D eigenvalue weighted by atomic mass is 9.78. The Balaban J connectivity index is 1.44. The van der Waals surface area contributed by atoms with Gasteiger partial charge in [0.05, 0.1) is 5.75 Å². The molecule has 1 amide bonds. The Hall–Kier alpha value is -2.41. The fraction of sp³-hybridized carbons (Fsp3) is 0.500. The molecule has 0 radical (unpaired) electrons. The Kier molecular flexibility index (Phi) is 6.60. The zero-order valence-electron chi connectivity index (χ0n) is 18.8. The molecule has 2 aromatic heterocycles. The van der Waals surface area contributed by atoms with Gasteiger partial charge in [0, 0.05) is 23.9 Å². The molecule has 0 unspecified atom stereocenters. The van der Waals surface area contributed by atoms with Crippen LogP contribution in [0.5, 0.6) is 0 Å². The Labute approximate surface area is 188 Å². The lowest BCUT2D eigenvalue weighted by Gasteiger charge is -2.34. The van der Waals surface area contributed by atoms with Gasteiger partial charge >= 0.3 is 0 Å². The van der Waals surface area contributed by atoms with Crippen LogP contribution in [0.25, 0.3) is 5.78 Å². The maximum atomic E-state index is 12.5. The van der Waals surface area contributed by atoms with Gasteiger partial charge in [-0.1, -0.05) is 68.8 Å². The molecule has 0 spiro atoms.